The molecule has 0 saturated heterocycles. The predicted octanol–water partition coefficient (Wildman–Crippen LogP) is 4.16. The van der Waals surface area contributed by atoms with Crippen molar-refractivity contribution in [3.63, 3.8) is 0 Å². The van der Waals surface area contributed by atoms with Crippen LogP contribution in [0.4, 0.5) is 5.69 Å². The summed E-state index contributed by atoms with van der Waals surface area (Å²) in [4.78, 5) is 29.3. The molecule has 1 heterocycles. The molecule has 0 unspecified atom stereocenters. The highest BCUT2D eigenvalue weighted by Crippen LogP contribution is 2.21. The number of nitrogens with zero attached hydrogens (tertiary/aromatic N) is 2. The highest BCUT2D eigenvalue weighted by atomic mass is 35.5. The maximum atomic E-state index is 12.5. The lowest BCUT2D eigenvalue weighted by Gasteiger charge is -2.13. The smallest absolute Gasteiger partial charge is 0.254 e. The van der Waals surface area contributed by atoms with Crippen molar-refractivity contribution in [3.05, 3.63) is 80.7 Å². The number of amides is 1. The summed E-state index contributed by atoms with van der Waals surface area (Å²) in [6, 6.07) is 15.2. The van der Waals surface area contributed by atoms with E-state index in [4.69, 9.17) is 23.2 Å². The molecule has 1 amide bonds. The van der Waals surface area contributed by atoms with Crippen LogP contribution in [0.25, 0.3) is 11.4 Å². The number of rotatable bonds is 4. The minimum absolute atomic E-state index is 0.180. The van der Waals surface area contributed by atoms with E-state index in [1.54, 1.807) is 55.5 Å². The average molecular weight is 388 g/mol. The van der Waals surface area contributed by atoms with E-state index in [1.165, 1.54) is 10.6 Å². The van der Waals surface area contributed by atoms with Crippen LogP contribution in [-0.4, -0.2) is 15.5 Å². The third-order valence-electron chi connectivity index (χ3n) is 3.63. The van der Waals surface area contributed by atoms with Gasteiger partial charge in [0, 0.05) is 33.1 Å². The lowest BCUT2D eigenvalue weighted by molar-refractivity contribution is -0.116. The standard InChI is InChI=1S/C19H15Cl2N3O2/c1-12-8-18(26)24(19(22-12)13-4-2-5-14(20)9-13)11-17(25)23-16-7-3-6-15(21)10-16/h2-10H,11H2,1H3,(H,23,25). The number of aromatic nitrogens is 2. The Kier molecular flexibility index (Phi) is 5.40. The number of hydrogen-bond acceptors (Lipinski definition) is 3. The SMILES string of the molecule is Cc1cc(=O)n(CC(=O)Nc2cccc(Cl)c2)c(-c2cccc(Cl)c2)n1. The number of benzene rings is 2. The topological polar surface area (TPSA) is 64.0 Å². The molecular weight excluding hydrogens is 373 g/mol. The molecule has 0 fully saturated rings. The van der Waals surface area contributed by atoms with Gasteiger partial charge in [-0.25, -0.2) is 4.98 Å². The van der Waals surface area contributed by atoms with Crippen molar-refractivity contribution in [2.24, 2.45) is 0 Å². The van der Waals surface area contributed by atoms with Gasteiger partial charge in [-0.05, 0) is 37.3 Å². The van der Waals surface area contributed by atoms with Gasteiger partial charge in [-0.2, -0.15) is 0 Å². The van der Waals surface area contributed by atoms with Gasteiger partial charge in [0.2, 0.25) is 5.91 Å². The van der Waals surface area contributed by atoms with Gasteiger partial charge >= 0.3 is 0 Å². The Morgan fingerprint density at radius 2 is 1.77 bits per heavy atom. The second kappa shape index (κ2) is 7.72. The molecule has 0 aliphatic carbocycles. The van der Waals surface area contributed by atoms with Crippen LogP contribution in [-0.2, 0) is 11.3 Å². The second-order valence-corrected chi connectivity index (χ2v) is 6.59. The Hall–Kier alpha value is -2.63. The molecule has 2 aromatic carbocycles. The molecule has 3 rings (SSSR count). The number of nitrogens with one attached hydrogen (secondary N) is 1. The molecule has 7 heteroatoms. The van der Waals surface area contributed by atoms with E-state index >= 15 is 0 Å². The summed E-state index contributed by atoms with van der Waals surface area (Å²) in [5, 5.41) is 3.76. The Morgan fingerprint density at radius 1 is 1.08 bits per heavy atom. The van der Waals surface area contributed by atoms with Crippen molar-refractivity contribution >= 4 is 34.8 Å². The lowest BCUT2D eigenvalue weighted by Crippen LogP contribution is -2.29. The molecule has 0 spiro atoms. The molecule has 1 aromatic heterocycles. The number of carbonyl (C=O) groups is 1. The maximum Gasteiger partial charge on any atom is 0.254 e. The molecule has 1 N–H and O–H groups in total. The minimum atomic E-state index is -0.358. The van der Waals surface area contributed by atoms with Gasteiger partial charge in [0.15, 0.2) is 0 Å². The number of hydrogen-bond donors (Lipinski definition) is 1. The largest absolute Gasteiger partial charge is 0.324 e. The van der Waals surface area contributed by atoms with E-state index in [0.717, 1.165) is 0 Å². The van der Waals surface area contributed by atoms with Crippen LogP contribution in [0.1, 0.15) is 5.69 Å². The summed E-state index contributed by atoms with van der Waals surface area (Å²) in [6.45, 7) is 1.55. The lowest BCUT2D eigenvalue weighted by atomic mass is 10.2. The Bertz CT molecular complexity index is 1030. The first-order chi connectivity index (χ1) is 12.4. The molecular formula is C19H15Cl2N3O2. The molecule has 0 radical (unpaired) electrons. The maximum absolute atomic E-state index is 12.5. The fourth-order valence-corrected chi connectivity index (χ4v) is 2.91. The van der Waals surface area contributed by atoms with Crippen molar-refractivity contribution in [1.82, 2.24) is 9.55 Å². The van der Waals surface area contributed by atoms with Gasteiger partial charge in [-0.15, -0.1) is 0 Å². The van der Waals surface area contributed by atoms with E-state index in [0.29, 0.717) is 32.8 Å². The molecule has 0 aliphatic heterocycles. The summed E-state index contributed by atoms with van der Waals surface area (Å²) in [5.41, 5.74) is 1.47. The van der Waals surface area contributed by atoms with Gasteiger partial charge in [-0.3, -0.25) is 14.2 Å². The molecule has 132 valence electrons. The monoisotopic (exact) mass is 387 g/mol. The first-order valence-electron chi connectivity index (χ1n) is 7.82. The molecule has 3 aromatic rings. The minimum Gasteiger partial charge on any atom is -0.324 e. The number of anilines is 1. The van der Waals surface area contributed by atoms with Gasteiger partial charge in [-0.1, -0.05) is 41.4 Å². The Balaban J connectivity index is 1.94. The molecule has 0 saturated carbocycles. The fraction of sp³-hybridized carbons (Fsp3) is 0.105. The van der Waals surface area contributed by atoms with Crippen molar-refractivity contribution < 1.29 is 4.79 Å². The quantitative estimate of drug-likeness (QED) is 0.730. The molecule has 0 bridgehead atoms. The Morgan fingerprint density at radius 3 is 2.46 bits per heavy atom. The summed E-state index contributed by atoms with van der Waals surface area (Å²) < 4.78 is 1.32. The normalized spacial score (nSPS) is 10.6. The van der Waals surface area contributed by atoms with Crippen molar-refractivity contribution in [3.8, 4) is 11.4 Å². The molecule has 0 aliphatic rings. The van der Waals surface area contributed by atoms with Gasteiger partial charge in [0.05, 0.1) is 0 Å². The van der Waals surface area contributed by atoms with Crippen LogP contribution in [0.2, 0.25) is 10.0 Å². The molecule has 26 heavy (non-hydrogen) atoms. The summed E-state index contributed by atoms with van der Waals surface area (Å²) in [6.07, 6.45) is 0. The van der Waals surface area contributed by atoms with Crippen LogP contribution in [0, 0.1) is 6.92 Å². The number of aryl methyl sites for hydroxylation is 1. The third kappa shape index (κ3) is 4.31. The first kappa shape index (κ1) is 18.2. The van der Waals surface area contributed by atoms with Crippen LogP contribution in [0.5, 0.6) is 0 Å². The van der Waals surface area contributed by atoms with E-state index in [-0.39, 0.29) is 18.0 Å². The van der Waals surface area contributed by atoms with Crippen LogP contribution in [0.3, 0.4) is 0 Å². The van der Waals surface area contributed by atoms with E-state index < -0.39 is 0 Å². The van der Waals surface area contributed by atoms with Crippen LogP contribution < -0.4 is 10.9 Å². The predicted molar refractivity (Wildman–Crippen MR) is 104 cm³/mol. The van der Waals surface area contributed by atoms with Crippen molar-refractivity contribution in [1.29, 1.82) is 0 Å². The van der Waals surface area contributed by atoms with E-state index in [9.17, 15) is 9.59 Å². The van der Waals surface area contributed by atoms with Crippen LogP contribution in [0.15, 0.2) is 59.4 Å². The second-order valence-electron chi connectivity index (χ2n) is 5.71. The average Bonchev–Trinajstić information content (AvgIpc) is 2.57. The summed E-state index contributed by atoms with van der Waals surface area (Å²) >= 11 is 12.0. The zero-order valence-corrected chi connectivity index (χ0v) is 15.4. The zero-order valence-electron chi connectivity index (χ0n) is 13.9. The van der Waals surface area contributed by atoms with Gasteiger partial charge in [0.1, 0.15) is 12.4 Å². The van der Waals surface area contributed by atoms with Crippen LogP contribution >= 0.6 is 23.2 Å². The molecule has 0 atom stereocenters. The highest BCUT2D eigenvalue weighted by molar-refractivity contribution is 6.31. The van der Waals surface area contributed by atoms with Crippen molar-refractivity contribution in [2.45, 2.75) is 13.5 Å². The number of carbonyl (C=O) groups excluding carboxylic acids is 1. The van der Waals surface area contributed by atoms with E-state index in [2.05, 4.69) is 10.3 Å². The first-order valence-corrected chi connectivity index (χ1v) is 8.58. The van der Waals surface area contributed by atoms with E-state index in [1.807, 2.05) is 0 Å². The Labute approximate surface area is 160 Å². The van der Waals surface area contributed by atoms with Gasteiger partial charge in [0.25, 0.3) is 5.56 Å². The van der Waals surface area contributed by atoms with Gasteiger partial charge < -0.3 is 5.32 Å². The summed E-state index contributed by atoms with van der Waals surface area (Å²) in [5.74, 6) is 0.0297. The fourth-order valence-electron chi connectivity index (χ4n) is 2.53. The highest BCUT2D eigenvalue weighted by Gasteiger charge is 2.13. The zero-order chi connectivity index (χ0) is 18.7. The third-order valence-corrected chi connectivity index (χ3v) is 4.10. The number of halogens is 2. The van der Waals surface area contributed by atoms with Crippen molar-refractivity contribution in [2.75, 3.05) is 5.32 Å². The molecule has 5 nitrogen and oxygen atoms in total. The summed E-state index contributed by atoms with van der Waals surface area (Å²) in [7, 11) is 0.